The number of hydrogen-bond donors (Lipinski definition) is 0. The third kappa shape index (κ3) is 4.22. The molecule has 0 saturated heterocycles. The molecule has 0 aliphatic heterocycles. The molecule has 0 saturated carbocycles. The van der Waals surface area contributed by atoms with Crippen LogP contribution in [0.15, 0.2) is 186 Å². The van der Waals surface area contributed by atoms with E-state index in [-0.39, 0.29) is 0 Å². The van der Waals surface area contributed by atoms with Gasteiger partial charge in [-0.25, -0.2) is 0 Å². The zero-order valence-electron chi connectivity index (χ0n) is 27.7. The highest BCUT2D eigenvalue weighted by atomic mass is 16.3. The Labute approximate surface area is 294 Å². The predicted octanol–water partition coefficient (Wildman–Crippen LogP) is 14.4. The van der Waals surface area contributed by atoms with E-state index in [4.69, 9.17) is 4.42 Å². The molecule has 0 N–H and O–H groups in total. The van der Waals surface area contributed by atoms with Gasteiger partial charge in [-0.05, 0) is 106 Å². The highest BCUT2D eigenvalue weighted by Crippen LogP contribution is 2.45. The minimum Gasteiger partial charge on any atom is -0.455 e. The van der Waals surface area contributed by atoms with E-state index in [1.165, 1.54) is 81.9 Å². The van der Waals surface area contributed by atoms with E-state index in [2.05, 4.69) is 176 Å². The molecule has 0 aliphatic rings. The molecule has 0 atom stereocenters. The van der Waals surface area contributed by atoms with Gasteiger partial charge in [-0.3, -0.25) is 0 Å². The summed E-state index contributed by atoms with van der Waals surface area (Å²) >= 11 is 0. The van der Waals surface area contributed by atoms with Gasteiger partial charge in [0.15, 0.2) is 0 Å². The van der Waals surface area contributed by atoms with Crippen molar-refractivity contribution in [3.05, 3.63) is 182 Å². The molecule has 0 bridgehead atoms. The fourth-order valence-corrected chi connectivity index (χ4v) is 8.54. The van der Waals surface area contributed by atoms with Crippen LogP contribution in [0.2, 0.25) is 0 Å². The molecular formula is C50H30O. The lowest BCUT2D eigenvalue weighted by Crippen LogP contribution is -1.91. The van der Waals surface area contributed by atoms with E-state index in [9.17, 15) is 0 Å². The first-order valence-electron chi connectivity index (χ1n) is 17.6. The Kier molecular flexibility index (Phi) is 6.02. The average Bonchev–Trinajstić information content (AvgIpc) is 3.58. The molecule has 1 aromatic heterocycles. The van der Waals surface area contributed by atoms with Crippen LogP contribution in [-0.4, -0.2) is 0 Å². The van der Waals surface area contributed by atoms with Crippen LogP contribution in [0.5, 0.6) is 0 Å². The second-order valence-corrected chi connectivity index (χ2v) is 13.6. The summed E-state index contributed by atoms with van der Waals surface area (Å²) in [7, 11) is 0. The average molecular weight is 647 g/mol. The first-order valence-corrected chi connectivity index (χ1v) is 17.6. The SMILES string of the molecule is c1ccc(-c2c3ccccc3c(-c3ccc4c(ccc5cc(-c6cc7c8ccccc8oc7c7ccccc67)ccc54)c3)c3ccccc23)cc1. The largest absolute Gasteiger partial charge is 0.455 e. The molecular weight excluding hydrogens is 617 g/mol. The summed E-state index contributed by atoms with van der Waals surface area (Å²) in [6.07, 6.45) is 0. The third-order valence-electron chi connectivity index (χ3n) is 10.8. The number of para-hydroxylation sites is 1. The highest BCUT2D eigenvalue weighted by molar-refractivity contribution is 6.23. The zero-order valence-corrected chi connectivity index (χ0v) is 27.7. The number of benzene rings is 10. The number of fused-ring (bicyclic) bond motifs is 10. The molecule has 1 nitrogen and oxygen atoms in total. The topological polar surface area (TPSA) is 13.1 Å². The van der Waals surface area contributed by atoms with Crippen LogP contribution in [0, 0.1) is 0 Å². The fourth-order valence-electron chi connectivity index (χ4n) is 8.54. The van der Waals surface area contributed by atoms with Gasteiger partial charge in [0.05, 0.1) is 0 Å². The van der Waals surface area contributed by atoms with E-state index < -0.39 is 0 Å². The molecule has 236 valence electrons. The van der Waals surface area contributed by atoms with Crippen LogP contribution in [-0.2, 0) is 0 Å². The van der Waals surface area contributed by atoms with Crippen LogP contribution < -0.4 is 0 Å². The lowest BCUT2D eigenvalue weighted by molar-refractivity contribution is 0.672. The normalized spacial score (nSPS) is 11.9. The van der Waals surface area contributed by atoms with Gasteiger partial charge in [0.25, 0.3) is 0 Å². The van der Waals surface area contributed by atoms with Crippen molar-refractivity contribution in [2.75, 3.05) is 0 Å². The summed E-state index contributed by atoms with van der Waals surface area (Å²) in [5.74, 6) is 0. The first-order chi connectivity index (χ1) is 25.3. The van der Waals surface area contributed by atoms with Crippen molar-refractivity contribution in [2.24, 2.45) is 0 Å². The summed E-state index contributed by atoms with van der Waals surface area (Å²) in [5.41, 5.74) is 9.36. The maximum absolute atomic E-state index is 6.39. The quantitative estimate of drug-likeness (QED) is 0.138. The molecule has 0 fully saturated rings. The molecule has 0 unspecified atom stereocenters. The molecule has 1 heterocycles. The lowest BCUT2D eigenvalue weighted by Gasteiger charge is -2.18. The molecule has 10 aromatic carbocycles. The van der Waals surface area contributed by atoms with E-state index >= 15 is 0 Å². The Morgan fingerprint density at radius 3 is 1.41 bits per heavy atom. The van der Waals surface area contributed by atoms with Gasteiger partial charge in [0.2, 0.25) is 0 Å². The maximum Gasteiger partial charge on any atom is 0.143 e. The summed E-state index contributed by atoms with van der Waals surface area (Å²) < 4.78 is 6.39. The number of rotatable bonds is 3. The van der Waals surface area contributed by atoms with Crippen LogP contribution in [0.1, 0.15) is 0 Å². The van der Waals surface area contributed by atoms with Crippen LogP contribution in [0.25, 0.3) is 109 Å². The van der Waals surface area contributed by atoms with Crippen molar-refractivity contribution in [2.45, 2.75) is 0 Å². The summed E-state index contributed by atoms with van der Waals surface area (Å²) in [6, 6.07) is 66.3. The fraction of sp³-hybridized carbons (Fsp3) is 0. The second kappa shape index (κ2) is 10.9. The third-order valence-corrected chi connectivity index (χ3v) is 10.8. The van der Waals surface area contributed by atoms with E-state index in [0.717, 1.165) is 27.3 Å². The van der Waals surface area contributed by atoms with Gasteiger partial charge < -0.3 is 4.42 Å². The molecule has 11 rings (SSSR count). The van der Waals surface area contributed by atoms with Gasteiger partial charge in [0.1, 0.15) is 11.2 Å². The second-order valence-electron chi connectivity index (χ2n) is 13.6. The Balaban J connectivity index is 1.09. The Morgan fingerprint density at radius 2 is 0.765 bits per heavy atom. The van der Waals surface area contributed by atoms with Crippen molar-refractivity contribution < 1.29 is 4.42 Å². The van der Waals surface area contributed by atoms with Crippen molar-refractivity contribution in [1.29, 1.82) is 0 Å². The number of hydrogen-bond acceptors (Lipinski definition) is 1. The van der Waals surface area contributed by atoms with E-state index in [1.54, 1.807) is 0 Å². The van der Waals surface area contributed by atoms with Crippen LogP contribution in [0.4, 0.5) is 0 Å². The van der Waals surface area contributed by atoms with Crippen LogP contribution >= 0.6 is 0 Å². The highest BCUT2D eigenvalue weighted by Gasteiger charge is 2.18. The van der Waals surface area contributed by atoms with Gasteiger partial charge in [-0.15, -0.1) is 0 Å². The monoisotopic (exact) mass is 646 g/mol. The standard InChI is InChI=1S/C50H30O/c1-2-12-31(13-3-1)48-40-16-5-7-18-42(40)49(43-19-8-6-17-41(43)48)35-25-27-37-33(29-35)23-22-32-28-34(24-26-36(32)37)45-30-46-39-15-10-11-21-47(39)51-50(46)44-20-9-4-14-38(44)45/h1-30H. The molecule has 11 aromatic rings. The minimum atomic E-state index is 0.923. The van der Waals surface area contributed by atoms with Gasteiger partial charge >= 0.3 is 0 Å². The maximum atomic E-state index is 6.39. The van der Waals surface area contributed by atoms with Crippen LogP contribution in [0.3, 0.4) is 0 Å². The smallest absolute Gasteiger partial charge is 0.143 e. The molecule has 0 amide bonds. The van der Waals surface area contributed by atoms with Crippen molar-refractivity contribution in [3.8, 4) is 33.4 Å². The summed E-state index contributed by atoms with van der Waals surface area (Å²) in [6.45, 7) is 0. The molecule has 0 radical (unpaired) electrons. The van der Waals surface area contributed by atoms with Gasteiger partial charge in [-0.2, -0.15) is 0 Å². The predicted molar refractivity (Wildman–Crippen MR) is 218 cm³/mol. The van der Waals surface area contributed by atoms with Crippen molar-refractivity contribution in [3.63, 3.8) is 0 Å². The number of furan rings is 1. The van der Waals surface area contributed by atoms with Crippen molar-refractivity contribution in [1.82, 2.24) is 0 Å². The van der Waals surface area contributed by atoms with E-state index in [1.807, 2.05) is 6.07 Å². The molecule has 51 heavy (non-hydrogen) atoms. The first kappa shape index (κ1) is 28.2. The summed E-state index contributed by atoms with van der Waals surface area (Å²) in [4.78, 5) is 0. The van der Waals surface area contributed by atoms with Crippen molar-refractivity contribution >= 4 is 75.8 Å². The van der Waals surface area contributed by atoms with E-state index in [0.29, 0.717) is 0 Å². The minimum absolute atomic E-state index is 0.923. The Morgan fingerprint density at radius 1 is 0.275 bits per heavy atom. The summed E-state index contributed by atoms with van der Waals surface area (Å²) in [5, 5.41) is 14.7. The Bertz CT molecular complexity index is 3130. The molecule has 1 heteroatoms. The Hall–Kier alpha value is -6.70. The van der Waals surface area contributed by atoms with Gasteiger partial charge in [0, 0.05) is 16.2 Å². The molecule has 0 spiro atoms. The lowest BCUT2D eigenvalue weighted by atomic mass is 9.85. The van der Waals surface area contributed by atoms with Gasteiger partial charge in [-0.1, -0.05) is 158 Å². The zero-order chi connectivity index (χ0) is 33.5. The molecule has 0 aliphatic carbocycles.